The Morgan fingerprint density at radius 3 is 2.56 bits per heavy atom. The zero-order chi connectivity index (χ0) is 22.8. The summed E-state index contributed by atoms with van der Waals surface area (Å²) in [7, 11) is 5.10. The standard InChI is InChI=1S/C25H28BrN3O3/c1-16-18(6-5-7-21(16)26)14-29(15-19-10-11-20(31-3)12-24(19)32-4)25(30)23-13-22(17-8-9-17)27-28(23)2/h5-7,10-13,17H,8-9,14-15H2,1-4H3. The summed E-state index contributed by atoms with van der Waals surface area (Å²) in [5, 5.41) is 4.60. The fourth-order valence-electron chi connectivity index (χ4n) is 3.85. The van der Waals surface area contributed by atoms with Gasteiger partial charge in [-0.25, -0.2) is 0 Å². The molecular weight excluding hydrogens is 470 g/mol. The zero-order valence-corrected chi connectivity index (χ0v) is 20.5. The van der Waals surface area contributed by atoms with Crippen LogP contribution in [0.5, 0.6) is 11.5 Å². The Balaban J connectivity index is 1.69. The topological polar surface area (TPSA) is 56.6 Å². The van der Waals surface area contributed by atoms with E-state index in [0.29, 0.717) is 36.2 Å². The molecule has 0 aliphatic heterocycles. The number of benzene rings is 2. The van der Waals surface area contributed by atoms with Crippen LogP contribution in [0, 0.1) is 6.92 Å². The number of carbonyl (C=O) groups is 1. The molecule has 6 nitrogen and oxygen atoms in total. The predicted molar refractivity (Wildman–Crippen MR) is 127 cm³/mol. The van der Waals surface area contributed by atoms with Crippen LogP contribution >= 0.6 is 15.9 Å². The van der Waals surface area contributed by atoms with Crippen molar-refractivity contribution < 1.29 is 14.3 Å². The number of amides is 1. The van der Waals surface area contributed by atoms with Crippen LogP contribution in [-0.2, 0) is 20.1 Å². The number of halogens is 1. The lowest BCUT2D eigenvalue weighted by Gasteiger charge is -2.25. The lowest BCUT2D eigenvalue weighted by atomic mass is 10.1. The molecule has 3 aromatic rings. The monoisotopic (exact) mass is 497 g/mol. The Bertz CT molecular complexity index is 1140. The van der Waals surface area contributed by atoms with Crippen molar-refractivity contribution in [2.75, 3.05) is 14.2 Å². The maximum absolute atomic E-state index is 13.7. The smallest absolute Gasteiger partial charge is 0.272 e. The second-order valence-corrected chi connectivity index (χ2v) is 9.07. The Hall–Kier alpha value is -2.80. The molecule has 0 N–H and O–H groups in total. The first-order chi connectivity index (χ1) is 15.4. The van der Waals surface area contributed by atoms with Gasteiger partial charge in [0.15, 0.2) is 0 Å². The van der Waals surface area contributed by atoms with Gasteiger partial charge in [-0.15, -0.1) is 0 Å². The molecule has 0 unspecified atom stereocenters. The molecule has 2 aromatic carbocycles. The summed E-state index contributed by atoms with van der Waals surface area (Å²) in [4.78, 5) is 15.6. The van der Waals surface area contributed by atoms with Crippen LogP contribution in [0.15, 0.2) is 46.9 Å². The minimum atomic E-state index is -0.0517. The molecule has 0 atom stereocenters. The summed E-state index contributed by atoms with van der Waals surface area (Å²) in [5.41, 5.74) is 4.74. The number of rotatable bonds is 8. The molecule has 0 bridgehead atoms. The number of methoxy groups -OCH3 is 2. The lowest BCUT2D eigenvalue weighted by molar-refractivity contribution is 0.0717. The molecule has 1 aliphatic carbocycles. The number of carbonyl (C=O) groups excluding carboxylic acids is 1. The molecule has 0 spiro atoms. The van der Waals surface area contributed by atoms with E-state index in [1.54, 1.807) is 18.9 Å². The van der Waals surface area contributed by atoms with Crippen LogP contribution in [0.25, 0.3) is 0 Å². The minimum absolute atomic E-state index is 0.0517. The normalized spacial score (nSPS) is 13.2. The average Bonchev–Trinajstić information content (AvgIpc) is 3.57. The molecule has 32 heavy (non-hydrogen) atoms. The van der Waals surface area contributed by atoms with E-state index < -0.39 is 0 Å². The van der Waals surface area contributed by atoms with Gasteiger partial charge in [-0.05, 0) is 55.2 Å². The second-order valence-electron chi connectivity index (χ2n) is 8.22. The summed E-state index contributed by atoms with van der Waals surface area (Å²) in [6.07, 6.45) is 2.29. The largest absolute Gasteiger partial charge is 0.497 e. The molecule has 168 valence electrons. The molecule has 1 aromatic heterocycles. The van der Waals surface area contributed by atoms with Crippen molar-refractivity contribution >= 4 is 21.8 Å². The molecule has 1 aliphatic rings. The number of aryl methyl sites for hydroxylation is 1. The molecule has 4 rings (SSSR count). The highest BCUT2D eigenvalue weighted by molar-refractivity contribution is 9.10. The highest BCUT2D eigenvalue weighted by atomic mass is 79.9. The van der Waals surface area contributed by atoms with E-state index in [1.165, 1.54) is 0 Å². The van der Waals surface area contributed by atoms with Crippen LogP contribution in [0.4, 0.5) is 0 Å². The average molecular weight is 498 g/mol. The second kappa shape index (κ2) is 9.36. The zero-order valence-electron chi connectivity index (χ0n) is 18.9. The van der Waals surface area contributed by atoms with Crippen molar-refractivity contribution in [2.45, 2.75) is 38.8 Å². The van der Waals surface area contributed by atoms with E-state index in [4.69, 9.17) is 9.47 Å². The van der Waals surface area contributed by atoms with E-state index in [-0.39, 0.29) is 5.91 Å². The van der Waals surface area contributed by atoms with E-state index in [0.717, 1.165) is 39.7 Å². The van der Waals surface area contributed by atoms with Gasteiger partial charge in [0.05, 0.1) is 26.5 Å². The van der Waals surface area contributed by atoms with Gasteiger partial charge < -0.3 is 14.4 Å². The highest BCUT2D eigenvalue weighted by Gasteiger charge is 2.29. The summed E-state index contributed by atoms with van der Waals surface area (Å²) in [6.45, 7) is 2.94. The third kappa shape index (κ3) is 4.67. The van der Waals surface area contributed by atoms with Crippen LogP contribution in [0.1, 0.15) is 51.6 Å². The first kappa shape index (κ1) is 22.4. The van der Waals surface area contributed by atoms with Gasteiger partial charge >= 0.3 is 0 Å². The van der Waals surface area contributed by atoms with Crippen LogP contribution in [-0.4, -0.2) is 34.8 Å². The highest BCUT2D eigenvalue weighted by Crippen LogP contribution is 2.39. The molecule has 1 heterocycles. The molecule has 0 saturated heterocycles. The van der Waals surface area contributed by atoms with Gasteiger partial charge in [0.25, 0.3) is 5.91 Å². The number of hydrogen-bond donors (Lipinski definition) is 0. The van der Waals surface area contributed by atoms with E-state index in [1.807, 2.05) is 48.3 Å². The first-order valence-electron chi connectivity index (χ1n) is 10.7. The van der Waals surface area contributed by atoms with Gasteiger partial charge in [-0.2, -0.15) is 5.10 Å². The Morgan fingerprint density at radius 1 is 1.12 bits per heavy atom. The summed E-state index contributed by atoms with van der Waals surface area (Å²) in [5.74, 6) is 1.85. The van der Waals surface area contributed by atoms with Crippen LogP contribution in [0.2, 0.25) is 0 Å². The van der Waals surface area contributed by atoms with Gasteiger partial charge in [-0.3, -0.25) is 9.48 Å². The molecule has 1 fully saturated rings. The number of ether oxygens (including phenoxy) is 2. The molecule has 1 saturated carbocycles. The van der Waals surface area contributed by atoms with Gasteiger partial charge in [0, 0.05) is 35.6 Å². The molecule has 0 radical (unpaired) electrons. The number of hydrogen-bond acceptors (Lipinski definition) is 4. The summed E-state index contributed by atoms with van der Waals surface area (Å²) >= 11 is 3.61. The summed E-state index contributed by atoms with van der Waals surface area (Å²) < 4.78 is 13.7. The number of nitrogens with zero attached hydrogens (tertiary/aromatic N) is 3. The third-order valence-electron chi connectivity index (χ3n) is 6.00. The van der Waals surface area contributed by atoms with Crippen LogP contribution in [0.3, 0.4) is 0 Å². The van der Waals surface area contributed by atoms with E-state index in [9.17, 15) is 4.79 Å². The van der Waals surface area contributed by atoms with Crippen molar-refractivity contribution in [3.8, 4) is 11.5 Å². The van der Waals surface area contributed by atoms with Gasteiger partial charge in [0.2, 0.25) is 0 Å². The fraction of sp³-hybridized carbons (Fsp3) is 0.360. The Kier molecular flexibility index (Phi) is 6.55. The van der Waals surface area contributed by atoms with E-state index >= 15 is 0 Å². The van der Waals surface area contributed by atoms with Crippen molar-refractivity contribution in [1.82, 2.24) is 14.7 Å². The quantitative estimate of drug-likeness (QED) is 0.427. The Morgan fingerprint density at radius 2 is 1.88 bits per heavy atom. The molecular formula is C25H28BrN3O3. The summed E-state index contributed by atoms with van der Waals surface area (Å²) in [6, 6.07) is 13.7. The number of aromatic nitrogens is 2. The minimum Gasteiger partial charge on any atom is -0.497 e. The maximum Gasteiger partial charge on any atom is 0.272 e. The third-order valence-corrected chi connectivity index (χ3v) is 6.86. The SMILES string of the molecule is COc1ccc(CN(Cc2cccc(Br)c2C)C(=O)c2cc(C3CC3)nn2C)c(OC)c1. The van der Waals surface area contributed by atoms with Gasteiger partial charge in [0.1, 0.15) is 17.2 Å². The van der Waals surface area contributed by atoms with Crippen molar-refractivity contribution in [2.24, 2.45) is 7.05 Å². The van der Waals surface area contributed by atoms with Crippen molar-refractivity contribution in [1.29, 1.82) is 0 Å². The predicted octanol–water partition coefficient (Wildman–Crippen LogP) is 5.23. The lowest BCUT2D eigenvalue weighted by Crippen LogP contribution is -2.32. The van der Waals surface area contributed by atoms with Crippen molar-refractivity contribution in [3.05, 3.63) is 75.0 Å². The Labute approximate surface area is 197 Å². The van der Waals surface area contributed by atoms with Crippen molar-refractivity contribution in [3.63, 3.8) is 0 Å². The first-order valence-corrected chi connectivity index (χ1v) is 11.5. The maximum atomic E-state index is 13.7. The molecule has 1 amide bonds. The molecule has 7 heteroatoms. The fourth-order valence-corrected chi connectivity index (χ4v) is 4.25. The van der Waals surface area contributed by atoms with Crippen LogP contribution < -0.4 is 9.47 Å². The van der Waals surface area contributed by atoms with Gasteiger partial charge in [-0.1, -0.05) is 28.1 Å². The van der Waals surface area contributed by atoms with E-state index in [2.05, 4.69) is 34.0 Å².